The minimum Gasteiger partial charge on any atom is -0.486 e. The predicted octanol–water partition coefficient (Wildman–Crippen LogP) is 5.13. The normalized spacial score (nSPS) is 10.6. The molecule has 0 spiro atoms. The first-order chi connectivity index (χ1) is 15.6. The van der Waals surface area contributed by atoms with Gasteiger partial charge in [0.15, 0.2) is 11.6 Å². The molecule has 2 amide bonds. The van der Waals surface area contributed by atoms with Crippen molar-refractivity contribution >= 4 is 11.7 Å². The van der Waals surface area contributed by atoms with Crippen molar-refractivity contribution in [1.82, 2.24) is 15.1 Å². The summed E-state index contributed by atoms with van der Waals surface area (Å²) in [5.41, 5.74) is 3.96. The summed E-state index contributed by atoms with van der Waals surface area (Å²) in [6.45, 7) is 0.545. The van der Waals surface area contributed by atoms with E-state index < -0.39 is 11.8 Å². The molecule has 1 aromatic heterocycles. The minimum atomic E-state index is -0.544. The van der Waals surface area contributed by atoms with Gasteiger partial charge in [0.25, 0.3) is 0 Å². The molecule has 0 unspecified atom stereocenters. The first kappa shape index (κ1) is 21.1. The molecule has 0 fully saturated rings. The summed E-state index contributed by atoms with van der Waals surface area (Å²) in [5, 5.41) is 9.89. The number of halogens is 1. The van der Waals surface area contributed by atoms with E-state index in [0.29, 0.717) is 5.69 Å². The van der Waals surface area contributed by atoms with Crippen molar-refractivity contribution in [2.45, 2.75) is 13.2 Å². The van der Waals surface area contributed by atoms with Gasteiger partial charge in [0.1, 0.15) is 6.61 Å². The largest absolute Gasteiger partial charge is 0.486 e. The molecule has 0 saturated heterocycles. The summed E-state index contributed by atoms with van der Waals surface area (Å²) in [4.78, 5) is 12.3. The van der Waals surface area contributed by atoms with Crippen molar-refractivity contribution in [3.05, 3.63) is 102 Å². The van der Waals surface area contributed by atoms with E-state index in [1.807, 2.05) is 73.8 Å². The molecule has 0 aliphatic carbocycles. The number of anilines is 1. The number of rotatable bonds is 7. The molecule has 4 rings (SSSR count). The highest BCUT2D eigenvalue weighted by atomic mass is 19.1. The number of ether oxygens (including phenoxy) is 1. The number of nitrogens with zero attached hydrogens (tertiary/aromatic N) is 2. The van der Waals surface area contributed by atoms with E-state index in [0.717, 1.165) is 22.5 Å². The molecule has 0 bridgehead atoms. The van der Waals surface area contributed by atoms with Gasteiger partial charge in [-0.1, -0.05) is 60.7 Å². The molecule has 0 atom stereocenters. The van der Waals surface area contributed by atoms with Gasteiger partial charge in [-0.2, -0.15) is 5.10 Å². The highest BCUT2D eigenvalue weighted by Gasteiger charge is 2.10. The van der Waals surface area contributed by atoms with E-state index in [9.17, 15) is 9.18 Å². The van der Waals surface area contributed by atoms with Gasteiger partial charge in [-0.3, -0.25) is 4.68 Å². The van der Waals surface area contributed by atoms with Crippen molar-refractivity contribution < 1.29 is 13.9 Å². The SMILES string of the molecule is Cn1nc(-c2ccccc2)cc1CNC(=O)Nc1ccc(OCc2ccccc2)c(F)c1. The molecule has 7 heteroatoms. The maximum absolute atomic E-state index is 14.4. The zero-order valence-corrected chi connectivity index (χ0v) is 17.6. The molecule has 0 saturated carbocycles. The van der Waals surface area contributed by atoms with E-state index >= 15 is 0 Å². The second-order valence-electron chi connectivity index (χ2n) is 7.24. The Morgan fingerprint density at radius 2 is 1.72 bits per heavy atom. The number of carbonyl (C=O) groups excluding carboxylic acids is 1. The summed E-state index contributed by atoms with van der Waals surface area (Å²) in [7, 11) is 1.82. The Labute approximate surface area is 185 Å². The lowest BCUT2D eigenvalue weighted by Crippen LogP contribution is -2.29. The molecule has 32 heavy (non-hydrogen) atoms. The van der Waals surface area contributed by atoms with E-state index in [4.69, 9.17) is 4.74 Å². The Bertz CT molecular complexity index is 1190. The highest BCUT2D eigenvalue weighted by molar-refractivity contribution is 5.89. The number of urea groups is 1. The van der Waals surface area contributed by atoms with Crippen LogP contribution in [-0.2, 0) is 20.2 Å². The summed E-state index contributed by atoms with van der Waals surface area (Å²) < 4.78 is 21.6. The number of amides is 2. The molecule has 3 aromatic carbocycles. The van der Waals surface area contributed by atoms with E-state index in [-0.39, 0.29) is 18.9 Å². The molecule has 4 aromatic rings. The van der Waals surface area contributed by atoms with Crippen molar-refractivity contribution in [2.24, 2.45) is 7.05 Å². The van der Waals surface area contributed by atoms with Crippen LogP contribution in [0, 0.1) is 5.82 Å². The fourth-order valence-electron chi connectivity index (χ4n) is 3.20. The molecule has 2 N–H and O–H groups in total. The Morgan fingerprint density at radius 1 is 1.00 bits per heavy atom. The van der Waals surface area contributed by atoms with Crippen LogP contribution >= 0.6 is 0 Å². The van der Waals surface area contributed by atoms with Crippen LogP contribution < -0.4 is 15.4 Å². The van der Waals surface area contributed by atoms with Crippen LogP contribution in [0.4, 0.5) is 14.9 Å². The fraction of sp³-hybridized carbons (Fsp3) is 0.120. The van der Waals surface area contributed by atoms with Crippen molar-refractivity contribution in [1.29, 1.82) is 0 Å². The standard InChI is InChI=1S/C25H23FN4O2/c1-30-21(15-23(29-30)19-10-6-3-7-11-19)16-27-25(31)28-20-12-13-24(22(26)14-20)32-17-18-8-4-2-5-9-18/h2-15H,16-17H2,1H3,(H2,27,28,31). The van der Waals surface area contributed by atoms with E-state index in [1.54, 1.807) is 10.7 Å². The quantitative estimate of drug-likeness (QED) is 0.427. The number of hydrogen-bond acceptors (Lipinski definition) is 3. The average molecular weight is 430 g/mol. The van der Waals surface area contributed by atoms with E-state index in [1.165, 1.54) is 12.1 Å². The predicted molar refractivity (Wildman–Crippen MR) is 122 cm³/mol. The molecule has 0 aliphatic heterocycles. The molecular formula is C25H23FN4O2. The molecular weight excluding hydrogens is 407 g/mol. The van der Waals surface area contributed by atoms with Gasteiger partial charge < -0.3 is 15.4 Å². The van der Waals surface area contributed by atoms with Crippen LogP contribution in [0.15, 0.2) is 84.9 Å². The van der Waals surface area contributed by atoms with Gasteiger partial charge in [0, 0.05) is 24.4 Å². The Balaban J connectivity index is 1.31. The third kappa shape index (κ3) is 5.31. The van der Waals surface area contributed by atoms with Crippen molar-refractivity contribution in [3.8, 4) is 17.0 Å². The number of benzene rings is 3. The topological polar surface area (TPSA) is 68.2 Å². The Kier molecular flexibility index (Phi) is 6.46. The van der Waals surface area contributed by atoms with Gasteiger partial charge in [-0.15, -0.1) is 0 Å². The van der Waals surface area contributed by atoms with Crippen LogP contribution in [0.25, 0.3) is 11.3 Å². The zero-order chi connectivity index (χ0) is 22.3. The lowest BCUT2D eigenvalue weighted by Gasteiger charge is -2.11. The second-order valence-corrected chi connectivity index (χ2v) is 7.24. The number of carbonyl (C=O) groups is 1. The second kappa shape index (κ2) is 9.78. The van der Waals surface area contributed by atoms with Gasteiger partial charge in [0.05, 0.1) is 17.9 Å². The van der Waals surface area contributed by atoms with E-state index in [2.05, 4.69) is 15.7 Å². The Morgan fingerprint density at radius 3 is 2.44 bits per heavy atom. The number of aryl methyl sites for hydroxylation is 1. The number of nitrogens with one attached hydrogen (secondary N) is 2. The monoisotopic (exact) mass is 430 g/mol. The summed E-state index contributed by atoms with van der Waals surface area (Å²) in [6, 6.07) is 25.1. The fourth-order valence-corrected chi connectivity index (χ4v) is 3.20. The van der Waals surface area contributed by atoms with Gasteiger partial charge in [0.2, 0.25) is 0 Å². The van der Waals surface area contributed by atoms with Crippen molar-refractivity contribution in [2.75, 3.05) is 5.32 Å². The molecule has 1 heterocycles. The zero-order valence-electron chi connectivity index (χ0n) is 17.6. The first-order valence-electron chi connectivity index (χ1n) is 10.2. The molecule has 6 nitrogen and oxygen atoms in total. The van der Waals surface area contributed by atoms with Crippen LogP contribution in [0.5, 0.6) is 5.75 Å². The summed E-state index contributed by atoms with van der Waals surface area (Å²) >= 11 is 0. The van der Waals surface area contributed by atoms with Gasteiger partial charge in [-0.05, 0) is 23.8 Å². The lowest BCUT2D eigenvalue weighted by molar-refractivity contribution is 0.251. The number of hydrogen-bond donors (Lipinski definition) is 2. The highest BCUT2D eigenvalue weighted by Crippen LogP contribution is 2.22. The van der Waals surface area contributed by atoms with Crippen LogP contribution in [0.3, 0.4) is 0 Å². The van der Waals surface area contributed by atoms with Crippen molar-refractivity contribution in [3.63, 3.8) is 0 Å². The van der Waals surface area contributed by atoms with Gasteiger partial charge in [-0.25, -0.2) is 9.18 Å². The molecule has 0 radical (unpaired) electrons. The van der Waals surface area contributed by atoms with Crippen LogP contribution in [0.2, 0.25) is 0 Å². The summed E-state index contributed by atoms with van der Waals surface area (Å²) in [5.74, 6) is -0.416. The van der Waals surface area contributed by atoms with Crippen LogP contribution in [0.1, 0.15) is 11.3 Å². The van der Waals surface area contributed by atoms with Crippen LogP contribution in [-0.4, -0.2) is 15.8 Å². The first-order valence-corrected chi connectivity index (χ1v) is 10.2. The molecule has 0 aliphatic rings. The third-order valence-corrected chi connectivity index (χ3v) is 4.90. The number of aromatic nitrogens is 2. The third-order valence-electron chi connectivity index (χ3n) is 4.90. The molecule has 162 valence electrons. The maximum Gasteiger partial charge on any atom is 0.319 e. The minimum absolute atomic E-state index is 0.128. The maximum atomic E-state index is 14.4. The lowest BCUT2D eigenvalue weighted by atomic mass is 10.1. The average Bonchev–Trinajstić information content (AvgIpc) is 3.19. The Hall–Kier alpha value is -4.13. The summed E-state index contributed by atoms with van der Waals surface area (Å²) in [6.07, 6.45) is 0. The van der Waals surface area contributed by atoms with Gasteiger partial charge >= 0.3 is 6.03 Å². The smallest absolute Gasteiger partial charge is 0.319 e.